The molecule has 0 spiro atoms. The van der Waals surface area contributed by atoms with E-state index in [0.717, 1.165) is 6.54 Å². The molecule has 1 N–H and O–H groups in total. The third kappa shape index (κ3) is 4.48. The Bertz CT molecular complexity index is 243. The maximum Gasteiger partial charge on any atom is 0.00171 e. The van der Waals surface area contributed by atoms with Gasteiger partial charge in [0.15, 0.2) is 0 Å². The molecule has 0 radical (unpaired) electrons. The van der Waals surface area contributed by atoms with Crippen LogP contribution in [0.4, 0.5) is 0 Å². The predicted octanol–water partition coefficient (Wildman–Crippen LogP) is 3.57. The van der Waals surface area contributed by atoms with E-state index in [0.29, 0.717) is 5.92 Å². The SMILES string of the molecule is CCCCCC(CNC)c1ccccc1. The molecule has 0 aliphatic rings. The number of benzene rings is 1. The predicted molar refractivity (Wildman–Crippen MR) is 67.3 cm³/mol. The summed E-state index contributed by atoms with van der Waals surface area (Å²) < 4.78 is 0. The van der Waals surface area contributed by atoms with Crippen LogP contribution in [0.3, 0.4) is 0 Å². The molecule has 0 fully saturated rings. The summed E-state index contributed by atoms with van der Waals surface area (Å²) in [7, 11) is 2.04. The van der Waals surface area contributed by atoms with E-state index in [1.54, 1.807) is 0 Å². The van der Waals surface area contributed by atoms with Gasteiger partial charge < -0.3 is 5.32 Å². The van der Waals surface area contributed by atoms with Crippen molar-refractivity contribution < 1.29 is 0 Å². The van der Waals surface area contributed by atoms with E-state index in [2.05, 4.69) is 42.6 Å². The van der Waals surface area contributed by atoms with Gasteiger partial charge in [-0.25, -0.2) is 0 Å². The number of nitrogens with one attached hydrogen (secondary N) is 1. The highest BCUT2D eigenvalue weighted by atomic mass is 14.8. The van der Waals surface area contributed by atoms with Crippen LogP contribution < -0.4 is 5.32 Å². The van der Waals surface area contributed by atoms with Gasteiger partial charge in [-0.05, 0) is 24.9 Å². The van der Waals surface area contributed by atoms with E-state index in [1.165, 1.54) is 31.2 Å². The van der Waals surface area contributed by atoms with E-state index in [9.17, 15) is 0 Å². The summed E-state index contributed by atoms with van der Waals surface area (Å²) in [4.78, 5) is 0. The van der Waals surface area contributed by atoms with E-state index in [4.69, 9.17) is 0 Å². The van der Waals surface area contributed by atoms with Gasteiger partial charge in [0.1, 0.15) is 0 Å². The topological polar surface area (TPSA) is 12.0 Å². The third-order valence-corrected chi connectivity index (χ3v) is 2.88. The first kappa shape index (κ1) is 12.3. The number of unbranched alkanes of at least 4 members (excludes halogenated alkanes) is 2. The Morgan fingerprint density at radius 2 is 1.87 bits per heavy atom. The van der Waals surface area contributed by atoms with Crippen molar-refractivity contribution >= 4 is 0 Å². The summed E-state index contributed by atoms with van der Waals surface area (Å²) in [5, 5.41) is 3.29. The molecule has 0 bridgehead atoms. The molecule has 0 saturated carbocycles. The third-order valence-electron chi connectivity index (χ3n) is 2.88. The molecule has 1 aromatic rings. The molecule has 1 rings (SSSR count). The summed E-state index contributed by atoms with van der Waals surface area (Å²) in [5.41, 5.74) is 1.47. The Labute approximate surface area is 93.9 Å². The standard InChI is InChI=1S/C14H23N/c1-3-4-6-11-14(12-15-2)13-9-7-5-8-10-13/h5,7-10,14-15H,3-4,6,11-12H2,1-2H3. The van der Waals surface area contributed by atoms with Crippen LogP contribution in [-0.2, 0) is 0 Å². The fourth-order valence-electron chi connectivity index (χ4n) is 2.00. The molecular weight excluding hydrogens is 182 g/mol. The van der Waals surface area contributed by atoms with E-state index < -0.39 is 0 Å². The Balaban J connectivity index is 2.50. The average molecular weight is 205 g/mol. The van der Waals surface area contributed by atoms with Crippen LogP contribution in [0.15, 0.2) is 30.3 Å². The lowest BCUT2D eigenvalue weighted by molar-refractivity contribution is 0.542. The van der Waals surface area contributed by atoms with Crippen molar-refractivity contribution in [3.63, 3.8) is 0 Å². The lowest BCUT2D eigenvalue weighted by Gasteiger charge is -2.16. The Hall–Kier alpha value is -0.820. The van der Waals surface area contributed by atoms with Crippen LogP contribution in [0, 0.1) is 0 Å². The van der Waals surface area contributed by atoms with Crippen LogP contribution in [0.2, 0.25) is 0 Å². The Morgan fingerprint density at radius 1 is 1.13 bits per heavy atom. The van der Waals surface area contributed by atoms with Crippen molar-refractivity contribution in [2.75, 3.05) is 13.6 Å². The maximum atomic E-state index is 3.29. The van der Waals surface area contributed by atoms with Crippen LogP contribution >= 0.6 is 0 Å². The van der Waals surface area contributed by atoms with Crippen LogP contribution in [0.1, 0.15) is 44.1 Å². The fourth-order valence-corrected chi connectivity index (χ4v) is 2.00. The van der Waals surface area contributed by atoms with Gasteiger partial charge in [0.25, 0.3) is 0 Å². The van der Waals surface area contributed by atoms with Crippen molar-refractivity contribution in [3.05, 3.63) is 35.9 Å². The monoisotopic (exact) mass is 205 g/mol. The molecule has 0 saturated heterocycles. The number of rotatable bonds is 7. The first-order valence-corrected chi connectivity index (χ1v) is 6.08. The summed E-state index contributed by atoms with van der Waals surface area (Å²) in [6.07, 6.45) is 5.31. The average Bonchev–Trinajstić information content (AvgIpc) is 2.29. The molecule has 1 atom stereocenters. The highest BCUT2D eigenvalue weighted by Gasteiger charge is 2.09. The second-order valence-electron chi connectivity index (χ2n) is 4.16. The number of hydrogen-bond acceptors (Lipinski definition) is 1. The van der Waals surface area contributed by atoms with Gasteiger partial charge in [-0.15, -0.1) is 0 Å². The maximum absolute atomic E-state index is 3.29. The molecule has 15 heavy (non-hydrogen) atoms. The van der Waals surface area contributed by atoms with Gasteiger partial charge in [-0.1, -0.05) is 56.5 Å². The molecule has 1 aromatic carbocycles. The Kier molecular flexibility index (Phi) is 6.10. The van der Waals surface area contributed by atoms with Gasteiger partial charge in [0.2, 0.25) is 0 Å². The van der Waals surface area contributed by atoms with Gasteiger partial charge >= 0.3 is 0 Å². The zero-order chi connectivity index (χ0) is 10.9. The quantitative estimate of drug-likeness (QED) is 0.671. The summed E-state index contributed by atoms with van der Waals surface area (Å²) in [6, 6.07) is 10.9. The van der Waals surface area contributed by atoms with Gasteiger partial charge in [-0.3, -0.25) is 0 Å². The largest absolute Gasteiger partial charge is 0.319 e. The highest BCUT2D eigenvalue weighted by Crippen LogP contribution is 2.21. The molecule has 0 aliphatic carbocycles. The molecule has 0 aromatic heterocycles. The van der Waals surface area contributed by atoms with Gasteiger partial charge in [0, 0.05) is 6.54 Å². The molecule has 84 valence electrons. The van der Waals surface area contributed by atoms with Crippen molar-refractivity contribution in [1.82, 2.24) is 5.32 Å². The van der Waals surface area contributed by atoms with Gasteiger partial charge in [-0.2, -0.15) is 0 Å². The van der Waals surface area contributed by atoms with Crippen molar-refractivity contribution in [1.29, 1.82) is 0 Å². The van der Waals surface area contributed by atoms with Crippen LogP contribution in [-0.4, -0.2) is 13.6 Å². The molecule has 1 nitrogen and oxygen atoms in total. The summed E-state index contributed by atoms with van der Waals surface area (Å²) >= 11 is 0. The lowest BCUT2D eigenvalue weighted by Crippen LogP contribution is -2.17. The van der Waals surface area contributed by atoms with Crippen molar-refractivity contribution in [3.8, 4) is 0 Å². The molecule has 0 aliphatic heterocycles. The second-order valence-corrected chi connectivity index (χ2v) is 4.16. The lowest BCUT2D eigenvalue weighted by atomic mass is 9.93. The summed E-state index contributed by atoms with van der Waals surface area (Å²) in [5.74, 6) is 0.683. The minimum absolute atomic E-state index is 0.683. The highest BCUT2D eigenvalue weighted by molar-refractivity contribution is 5.19. The zero-order valence-corrected chi connectivity index (χ0v) is 10.00. The molecule has 0 amide bonds. The first-order valence-electron chi connectivity index (χ1n) is 6.08. The van der Waals surface area contributed by atoms with Crippen molar-refractivity contribution in [2.24, 2.45) is 0 Å². The molecule has 0 heterocycles. The fraction of sp³-hybridized carbons (Fsp3) is 0.571. The van der Waals surface area contributed by atoms with E-state index >= 15 is 0 Å². The minimum atomic E-state index is 0.683. The molecule has 1 heteroatoms. The number of hydrogen-bond donors (Lipinski definition) is 1. The molecular formula is C14H23N. The van der Waals surface area contributed by atoms with Crippen LogP contribution in [0.25, 0.3) is 0 Å². The smallest absolute Gasteiger partial charge is 0.00171 e. The Morgan fingerprint density at radius 3 is 2.47 bits per heavy atom. The minimum Gasteiger partial charge on any atom is -0.319 e. The normalized spacial score (nSPS) is 12.7. The van der Waals surface area contributed by atoms with E-state index in [1.807, 2.05) is 7.05 Å². The second kappa shape index (κ2) is 7.47. The summed E-state index contributed by atoms with van der Waals surface area (Å²) in [6.45, 7) is 3.35. The van der Waals surface area contributed by atoms with Gasteiger partial charge in [0.05, 0.1) is 0 Å². The first-order chi connectivity index (χ1) is 7.38. The number of likely N-dealkylation sites (N-methyl/N-ethyl adjacent to an activating group) is 1. The van der Waals surface area contributed by atoms with Crippen molar-refractivity contribution in [2.45, 2.75) is 38.5 Å². The zero-order valence-electron chi connectivity index (χ0n) is 10.00. The van der Waals surface area contributed by atoms with Crippen LogP contribution in [0.5, 0.6) is 0 Å². The molecule has 1 unspecified atom stereocenters. The van der Waals surface area contributed by atoms with E-state index in [-0.39, 0.29) is 0 Å².